The van der Waals surface area contributed by atoms with Crippen LogP contribution in [0.3, 0.4) is 0 Å². The normalized spacial score (nSPS) is 15.4. The number of aliphatic imine (C=N–C) groups is 1. The molecule has 0 radical (unpaired) electrons. The predicted molar refractivity (Wildman–Crippen MR) is 123 cm³/mol. The summed E-state index contributed by atoms with van der Waals surface area (Å²) in [5.74, 6) is 0.739. The average Bonchev–Trinajstić information content (AvgIpc) is 2.96. The molecule has 1 aliphatic heterocycles. The van der Waals surface area contributed by atoms with E-state index in [1.807, 2.05) is 30.3 Å². The molecule has 1 heterocycles. The Bertz CT molecular complexity index is 545. The fourth-order valence-electron chi connectivity index (χ4n) is 3.14. The van der Waals surface area contributed by atoms with Gasteiger partial charge < -0.3 is 20.9 Å². The van der Waals surface area contributed by atoms with Gasteiger partial charge in [-0.25, -0.2) is 0 Å². The lowest BCUT2D eigenvalue weighted by Crippen LogP contribution is -2.42. The molecule has 0 aromatic heterocycles. The van der Waals surface area contributed by atoms with Gasteiger partial charge in [-0.3, -0.25) is 9.79 Å². The van der Waals surface area contributed by atoms with Crippen LogP contribution in [0, 0.1) is 0 Å². The highest BCUT2D eigenvalue weighted by Crippen LogP contribution is 2.09. The van der Waals surface area contributed by atoms with Gasteiger partial charge in [-0.2, -0.15) is 0 Å². The van der Waals surface area contributed by atoms with Gasteiger partial charge in [0.2, 0.25) is 0 Å². The van der Waals surface area contributed by atoms with Crippen molar-refractivity contribution in [1.82, 2.24) is 20.9 Å². The maximum atomic E-state index is 12.0. The van der Waals surface area contributed by atoms with Crippen LogP contribution in [0.15, 0.2) is 35.3 Å². The smallest absolute Gasteiger partial charge is 0.251 e. The molecule has 0 unspecified atom stereocenters. The molecule has 1 fully saturated rings. The van der Waals surface area contributed by atoms with Gasteiger partial charge in [0.25, 0.3) is 5.91 Å². The minimum atomic E-state index is -0.0483. The molecule has 1 saturated heterocycles. The number of benzene rings is 1. The van der Waals surface area contributed by atoms with Crippen molar-refractivity contribution in [3.05, 3.63) is 35.9 Å². The molecule has 1 aromatic carbocycles. The summed E-state index contributed by atoms with van der Waals surface area (Å²) in [7, 11) is 1.77. The molecule has 0 aliphatic carbocycles. The molecule has 1 aliphatic rings. The van der Waals surface area contributed by atoms with Crippen LogP contribution in [0.1, 0.15) is 42.5 Å². The molecule has 1 aromatic rings. The second-order valence-electron chi connectivity index (χ2n) is 6.66. The standard InChI is InChI=1S/C20H33N5O.HI/c1-21-20(23-12-9-17-25-15-7-2-3-8-16-25)24-14-13-22-19(26)18-10-5-4-6-11-18;/h4-6,10-11H,2-3,7-9,12-17H2,1H3,(H,22,26)(H2,21,23,24);1H. The number of likely N-dealkylation sites (tertiary alicyclic amines) is 1. The summed E-state index contributed by atoms with van der Waals surface area (Å²) in [4.78, 5) is 18.8. The molecule has 6 nitrogen and oxygen atoms in total. The number of carbonyl (C=O) groups excluding carboxylic acids is 1. The fraction of sp³-hybridized carbons (Fsp3) is 0.600. The lowest BCUT2D eigenvalue weighted by Gasteiger charge is -2.20. The number of amides is 1. The molecule has 0 spiro atoms. The second-order valence-corrected chi connectivity index (χ2v) is 6.66. The van der Waals surface area contributed by atoms with E-state index < -0.39 is 0 Å². The van der Waals surface area contributed by atoms with Crippen LogP contribution in [-0.2, 0) is 0 Å². The van der Waals surface area contributed by atoms with Crippen molar-refractivity contribution in [3.63, 3.8) is 0 Å². The van der Waals surface area contributed by atoms with Gasteiger partial charge in [-0.1, -0.05) is 31.0 Å². The third kappa shape index (κ3) is 9.95. The largest absolute Gasteiger partial charge is 0.356 e. The van der Waals surface area contributed by atoms with Gasteiger partial charge in [0.15, 0.2) is 5.96 Å². The van der Waals surface area contributed by atoms with Crippen LogP contribution >= 0.6 is 24.0 Å². The van der Waals surface area contributed by atoms with Crippen molar-refractivity contribution in [3.8, 4) is 0 Å². The molecule has 0 saturated carbocycles. The summed E-state index contributed by atoms with van der Waals surface area (Å²) < 4.78 is 0. The summed E-state index contributed by atoms with van der Waals surface area (Å²) >= 11 is 0. The van der Waals surface area contributed by atoms with Gasteiger partial charge in [-0.05, 0) is 51.0 Å². The Kier molecular flexibility index (Phi) is 12.9. The number of hydrogen-bond acceptors (Lipinski definition) is 3. The van der Waals surface area contributed by atoms with Gasteiger partial charge >= 0.3 is 0 Å². The average molecular weight is 487 g/mol. The van der Waals surface area contributed by atoms with Crippen LogP contribution in [0.5, 0.6) is 0 Å². The predicted octanol–water partition coefficient (Wildman–Crippen LogP) is 2.47. The Balaban J connectivity index is 0.00000364. The third-order valence-electron chi connectivity index (χ3n) is 4.60. The molecule has 0 atom stereocenters. The first-order valence-corrected chi connectivity index (χ1v) is 9.79. The zero-order valence-electron chi connectivity index (χ0n) is 16.4. The molecule has 1 amide bonds. The van der Waals surface area contributed by atoms with Crippen molar-refractivity contribution < 1.29 is 4.79 Å². The maximum absolute atomic E-state index is 12.0. The minimum Gasteiger partial charge on any atom is -0.356 e. The minimum absolute atomic E-state index is 0. The van der Waals surface area contributed by atoms with Crippen LogP contribution in [0.25, 0.3) is 0 Å². The summed E-state index contributed by atoms with van der Waals surface area (Å²) in [6.45, 7) is 5.75. The van der Waals surface area contributed by atoms with Crippen LogP contribution in [0.4, 0.5) is 0 Å². The lowest BCUT2D eigenvalue weighted by atomic mass is 10.2. The van der Waals surface area contributed by atoms with Crippen molar-refractivity contribution in [2.45, 2.75) is 32.1 Å². The Labute approximate surface area is 180 Å². The van der Waals surface area contributed by atoms with Gasteiger partial charge in [-0.15, -0.1) is 24.0 Å². The van der Waals surface area contributed by atoms with E-state index in [1.54, 1.807) is 7.05 Å². The Morgan fingerprint density at radius 2 is 1.59 bits per heavy atom. The zero-order chi connectivity index (χ0) is 18.5. The highest BCUT2D eigenvalue weighted by Gasteiger charge is 2.08. The van der Waals surface area contributed by atoms with E-state index in [1.165, 1.54) is 38.8 Å². The van der Waals surface area contributed by atoms with E-state index in [0.717, 1.165) is 25.5 Å². The molecule has 152 valence electrons. The topological polar surface area (TPSA) is 68.8 Å². The summed E-state index contributed by atoms with van der Waals surface area (Å²) in [6.07, 6.45) is 6.56. The monoisotopic (exact) mass is 487 g/mol. The highest BCUT2D eigenvalue weighted by molar-refractivity contribution is 14.0. The van der Waals surface area contributed by atoms with Crippen LogP contribution in [0.2, 0.25) is 0 Å². The highest BCUT2D eigenvalue weighted by atomic mass is 127. The van der Waals surface area contributed by atoms with E-state index in [2.05, 4.69) is 25.8 Å². The first-order chi connectivity index (χ1) is 12.8. The second kappa shape index (κ2) is 14.7. The van der Waals surface area contributed by atoms with Crippen molar-refractivity contribution >= 4 is 35.8 Å². The summed E-state index contributed by atoms with van der Waals surface area (Å²) in [5.41, 5.74) is 0.684. The number of nitrogens with zero attached hydrogens (tertiary/aromatic N) is 2. The van der Waals surface area contributed by atoms with E-state index in [9.17, 15) is 4.79 Å². The zero-order valence-corrected chi connectivity index (χ0v) is 18.7. The molecule has 27 heavy (non-hydrogen) atoms. The third-order valence-corrected chi connectivity index (χ3v) is 4.60. The van der Waals surface area contributed by atoms with Crippen LogP contribution < -0.4 is 16.0 Å². The quantitative estimate of drug-likeness (QED) is 0.228. The summed E-state index contributed by atoms with van der Waals surface area (Å²) in [6, 6.07) is 9.26. The Hall–Kier alpha value is -1.35. The number of hydrogen-bond donors (Lipinski definition) is 3. The fourth-order valence-corrected chi connectivity index (χ4v) is 3.14. The Morgan fingerprint density at radius 3 is 2.26 bits per heavy atom. The van der Waals surface area contributed by atoms with Gasteiger partial charge in [0.05, 0.1) is 0 Å². The first-order valence-electron chi connectivity index (χ1n) is 9.79. The van der Waals surface area contributed by atoms with E-state index in [-0.39, 0.29) is 29.9 Å². The number of nitrogens with one attached hydrogen (secondary N) is 3. The molecule has 2 rings (SSSR count). The first kappa shape index (κ1) is 23.7. The number of halogens is 1. The van der Waals surface area contributed by atoms with Crippen molar-refractivity contribution in [2.75, 3.05) is 46.3 Å². The lowest BCUT2D eigenvalue weighted by molar-refractivity contribution is 0.0954. The van der Waals surface area contributed by atoms with E-state index in [0.29, 0.717) is 18.7 Å². The number of rotatable bonds is 8. The summed E-state index contributed by atoms with van der Waals surface area (Å²) in [5, 5.41) is 9.48. The van der Waals surface area contributed by atoms with E-state index in [4.69, 9.17) is 0 Å². The molecule has 3 N–H and O–H groups in total. The molecular formula is C20H34IN5O. The molecule has 0 bridgehead atoms. The van der Waals surface area contributed by atoms with Crippen molar-refractivity contribution in [1.29, 1.82) is 0 Å². The molecular weight excluding hydrogens is 453 g/mol. The Morgan fingerprint density at radius 1 is 0.963 bits per heavy atom. The number of carbonyl (C=O) groups is 1. The molecule has 7 heteroatoms. The SMILES string of the molecule is CN=C(NCCCN1CCCCCC1)NCCNC(=O)c1ccccc1.I. The van der Waals surface area contributed by atoms with Crippen molar-refractivity contribution in [2.24, 2.45) is 4.99 Å². The number of guanidine groups is 1. The maximum Gasteiger partial charge on any atom is 0.251 e. The van der Waals surface area contributed by atoms with Gasteiger partial charge in [0, 0.05) is 32.2 Å². The van der Waals surface area contributed by atoms with Crippen LogP contribution in [-0.4, -0.2) is 63.1 Å². The van der Waals surface area contributed by atoms with E-state index >= 15 is 0 Å². The van der Waals surface area contributed by atoms with Gasteiger partial charge in [0.1, 0.15) is 0 Å².